The highest BCUT2D eigenvalue weighted by atomic mass is 79.9. The third-order valence-corrected chi connectivity index (χ3v) is 4.77. The second-order valence-corrected chi connectivity index (χ2v) is 6.73. The Kier molecular flexibility index (Phi) is 5.66. The summed E-state index contributed by atoms with van der Waals surface area (Å²) in [6.07, 6.45) is 4.25. The molecule has 1 fully saturated rings. The number of nitrogens with zero attached hydrogens (tertiary/aromatic N) is 2. The second kappa shape index (κ2) is 7.27. The molecule has 0 N–H and O–H groups in total. The predicted octanol–water partition coefficient (Wildman–Crippen LogP) is 3.09. The summed E-state index contributed by atoms with van der Waals surface area (Å²) in [5, 5.41) is 0. The molecule has 1 atom stereocenters. The van der Waals surface area contributed by atoms with E-state index >= 15 is 0 Å². The minimum absolute atomic E-state index is 0.606. The lowest BCUT2D eigenvalue weighted by atomic mass is 9.94. The van der Waals surface area contributed by atoms with Gasteiger partial charge in [-0.05, 0) is 31.8 Å². The Hall–Kier alpha value is -0.810. The standard InChI is InChI=1S/C15H23BrN2O2/c1-11(16)12-5-8-18(9-6-12)10-13-15(20-3)14(19-2)4-7-17-13/h4,7,11-12H,5-6,8-10H2,1-3H3. The van der Waals surface area contributed by atoms with Crippen LogP contribution in [0.2, 0.25) is 0 Å². The number of piperidine rings is 1. The van der Waals surface area contributed by atoms with Crippen LogP contribution < -0.4 is 9.47 Å². The van der Waals surface area contributed by atoms with Crippen molar-refractivity contribution < 1.29 is 9.47 Å². The van der Waals surface area contributed by atoms with E-state index in [1.807, 2.05) is 6.07 Å². The summed E-state index contributed by atoms with van der Waals surface area (Å²) in [4.78, 5) is 7.50. The van der Waals surface area contributed by atoms with Crippen LogP contribution >= 0.6 is 15.9 Å². The Balaban J connectivity index is 2.01. The number of rotatable bonds is 5. The smallest absolute Gasteiger partial charge is 0.183 e. The molecular formula is C15H23BrN2O2. The summed E-state index contributed by atoms with van der Waals surface area (Å²) in [6, 6.07) is 1.83. The van der Waals surface area contributed by atoms with Crippen LogP contribution in [0.3, 0.4) is 0 Å². The summed E-state index contributed by atoms with van der Waals surface area (Å²) >= 11 is 3.70. The fourth-order valence-corrected chi connectivity index (χ4v) is 3.27. The molecule has 2 heterocycles. The van der Waals surface area contributed by atoms with Gasteiger partial charge in [0.25, 0.3) is 0 Å². The van der Waals surface area contributed by atoms with Crippen molar-refractivity contribution in [2.45, 2.75) is 31.1 Å². The fourth-order valence-electron chi connectivity index (χ4n) is 2.75. The third-order valence-electron chi connectivity index (χ3n) is 4.02. The van der Waals surface area contributed by atoms with E-state index in [-0.39, 0.29) is 0 Å². The molecule has 112 valence electrons. The van der Waals surface area contributed by atoms with Crippen molar-refractivity contribution in [1.82, 2.24) is 9.88 Å². The highest BCUT2D eigenvalue weighted by Gasteiger charge is 2.23. The van der Waals surface area contributed by atoms with E-state index < -0.39 is 0 Å². The summed E-state index contributed by atoms with van der Waals surface area (Å²) in [7, 11) is 3.33. The summed E-state index contributed by atoms with van der Waals surface area (Å²) in [5.74, 6) is 2.29. The van der Waals surface area contributed by atoms with Crippen LogP contribution in [0.15, 0.2) is 12.3 Å². The highest BCUT2D eigenvalue weighted by Crippen LogP contribution is 2.31. The molecule has 0 radical (unpaired) electrons. The van der Waals surface area contributed by atoms with Gasteiger partial charge in [0.1, 0.15) is 5.69 Å². The van der Waals surface area contributed by atoms with Crippen LogP contribution in [0.5, 0.6) is 11.5 Å². The van der Waals surface area contributed by atoms with Crippen LogP contribution in [0.25, 0.3) is 0 Å². The Morgan fingerprint density at radius 2 is 2.05 bits per heavy atom. The van der Waals surface area contributed by atoms with Gasteiger partial charge in [0, 0.05) is 23.6 Å². The maximum Gasteiger partial charge on any atom is 0.183 e. The summed E-state index contributed by atoms with van der Waals surface area (Å²) in [6.45, 7) is 5.29. The number of halogens is 1. The van der Waals surface area contributed by atoms with Gasteiger partial charge < -0.3 is 9.47 Å². The van der Waals surface area contributed by atoms with Crippen LogP contribution in [0.1, 0.15) is 25.5 Å². The lowest BCUT2D eigenvalue weighted by Gasteiger charge is -2.33. The average Bonchev–Trinajstić information content (AvgIpc) is 2.47. The van der Waals surface area contributed by atoms with E-state index in [4.69, 9.17) is 9.47 Å². The van der Waals surface area contributed by atoms with Crippen molar-refractivity contribution in [2.24, 2.45) is 5.92 Å². The molecule has 1 saturated heterocycles. The number of hydrogen-bond acceptors (Lipinski definition) is 4. The molecule has 0 saturated carbocycles. The predicted molar refractivity (Wildman–Crippen MR) is 83.7 cm³/mol. The van der Waals surface area contributed by atoms with Gasteiger partial charge in [-0.15, -0.1) is 0 Å². The van der Waals surface area contributed by atoms with Crippen molar-refractivity contribution >= 4 is 15.9 Å². The zero-order chi connectivity index (χ0) is 14.5. The summed E-state index contributed by atoms with van der Waals surface area (Å²) in [5.41, 5.74) is 0.956. The van der Waals surface area contributed by atoms with Gasteiger partial charge in [0.05, 0.1) is 14.2 Å². The van der Waals surface area contributed by atoms with Gasteiger partial charge >= 0.3 is 0 Å². The molecule has 1 aliphatic rings. The maximum absolute atomic E-state index is 5.45. The number of pyridine rings is 1. The van der Waals surface area contributed by atoms with E-state index in [0.717, 1.165) is 42.7 Å². The maximum atomic E-state index is 5.45. The van der Waals surface area contributed by atoms with Gasteiger partial charge in [0.2, 0.25) is 0 Å². The molecule has 5 heteroatoms. The number of likely N-dealkylation sites (tertiary alicyclic amines) is 1. The third kappa shape index (κ3) is 3.64. The first-order chi connectivity index (χ1) is 9.65. The largest absolute Gasteiger partial charge is 0.493 e. The molecule has 2 rings (SSSR count). The van der Waals surface area contributed by atoms with Crippen molar-refractivity contribution in [3.8, 4) is 11.5 Å². The quantitative estimate of drug-likeness (QED) is 0.770. The Morgan fingerprint density at radius 1 is 1.35 bits per heavy atom. The molecule has 0 aliphatic carbocycles. The number of methoxy groups -OCH3 is 2. The summed E-state index contributed by atoms with van der Waals surface area (Å²) < 4.78 is 10.8. The molecule has 1 aromatic rings. The van der Waals surface area contributed by atoms with Gasteiger partial charge in [-0.1, -0.05) is 22.9 Å². The first kappa shape index (κ1) is 15.6. The van der Waals surface area contributed by atoms with E-state index in [1.165, 1.54) is 12.8 Å². The molecule has 0 spiro atoms. The van der Waals surface area contributed by atoms with Gasteiger partial charge in [-0.25, -0.2) is 0 Å². The van der Waals surface area contributed by atoms with E-state index in [0.29, 0.717) is 4.83 Å². The SMILES string of the molecule is COc1ccnc(CN2CCC(C(C)Br)CC2)c1OC. The first-order valence-corrected chi connectivity index (χ1v) is 7.99. The highest BCUT2D eigenvalue weighted by molar-refractivity contribution is 9.09. The number of ether oxygens (including phenoxy) is 2. The topological polar surface area (TPSA) is 34.6 Å². The normalized spacial score (nSPS) is 18.8. The molecule has 4 nitrogen and oxygen atoms in total. The molecule has 1 aromatic heterocycles. The molecule has 20 heavy (non-hydrogen) atoms. The molecule has 1 aliphatic heterocycles. The van der Waals surface area contributed by atoms with E-state index in [1.54, 1.807) is 20.4 Å². The first-order valence-electron chi connectivity index (χ1n) is 7.08. The molecule has 0 amide bonds. The van der Waals surface area contributed by atoms with Crippen LogP contribution in [-0.4, -0.2) is 42.0 Å². The van der Waals surface area contributed by atoms with Crippen LogP contribution in [0, 0.1) is 5.92 Å². The Morgan fingerprint density at radius 3 is 2.60 bits per heavy atom. The number of aromatic nitrogens is 1. The minimum Gasteiger partial charge on any atom is -0.493 e. The lowest BCUT2D eigenvalue weighted by Crippen LogP contribution is -2.35. The molecule has 1 unspecified atom stereocenters. The zero-order valence-electron chi connectivity index (χ0n) is 12.4. The van der Waals surface area contributed by atoms with Gasteiger partial charge in [0.15, 0.2) is 11.5 Å². The molecular weight excluding hydrogens is 320 g/mol. The Bertz CT molecular complexity index is 432. The number of hydrogen-bond donors (Lipinski definition) is 0. The monoisotopic (exact) mass is 342 g/mol. The van der Waals surface area contributed by atoms with Crippen molar-refractivity contribution in [2.75, 3.05) is 27.3 Å². The van der Waals surface area contributed by atoms with Crippen molar-refractivity contribution in [3.63, 3.8) is 0 Å². The zero-order valence-corrected chi connectivity index (χ0v) is 14.0. The van der Waals surface area contributed by atoms with Gasteiger partial charge in [-0.2, -0.15) is 0 Å². The average molecular weight is 343 g/mol. The van der Waals surface area contributed by atoms with Gasteiger partial charge in [-0.3, -0.25) is 9.88 Å². The lowest BCUT2D eigenvalue weighted by molar-refractivity contribution is 0.174. The molecule has 0 aromatic carbocycles. The van der Waals surface area contributed by atoms with Crippen LogP contribution in [0.4, 0.5) is 0 Å². The van der Waals surface area contributed by atoms with Crippen molar-refractivity contribution in [3.05, 3.63) is 18.0 Å². The molecule has 0 bridgehead atoms. The van der Waals surface area contributed by atoms with Crippen molar-refractivity contribution in [1.29, 1.82) is 0 Å². The number of alkyl halides is 1. The minimum atomic E-state index is 0.606. The van der Waals surface area contributed by atoms with E-state index in [9.17, 15) is 0 Å². The Labute approximate surface area is 129 Å². The van der Waals surface area contributed by atoms with E-state index in [2.05, 4.69) is 32.7 Å². The fraction of sp³-hybridized carbons (Fsp3) is 0.667. The van der Waals surface area contributed by atoms with Crippen LogP contribution in [-0.2, 0) is 6.54 Å². The second-order valence-electron chi connectivity index (χ2n) is 5.28.